The van der Waals surface area contributed by atoms with E-state index in [0.29, 0.717) is 0 Å². The fourth-order valence-corrected chi connectivity index (χ4v) is 3.24. The normalized spacial score (nSPS) is 14.5. The molecule has 0 amide bonds. The molecule has 122 valence electrons. The Hall–Kier alpha value is -1.84. The van der Waals surface area contributed by atoms with Crippen LogP contribution in [0.2, 0.25) is 0 Å². The topological polar surface area (TPSA) is 24.5 Å². The molecule has 23 heavy (non-hydrogen) atoms. The highest BCUT2D eigenvalue weighted by Crippen LogP contribution is 2.24. The first-order chi connectivity index (χ1) is 11.3. The molecule has 0 saturated heterocycles. The Balaban J connectivity index is 1.69. The van der Waals surface area contributed by atoms with E-state index in [1.807, 2.05) is 0 Å². The molecule has 1 aliphatic rings. The standard InChI is InChI=1S/C20H26N2O/c1-3-21-13-18-9-8-16(12-20(18)23-2)14-22-11-10-17-6-4-5-7-19(17)15-22/h4-9,12,21H,3,10-11,13-15H2,1-2H3. The van der Waals surface area contributed by atoms with E-state index in [2.05, 4.69) is 59.6 Å². The summed E-state index contributed by atoms with van der Waals surface area (Å²) in [7, 11) is 1.76. The van der Waals surface area contributed by atoms with Gasteiger partial charge in [0.05, 0.1) is 7.11 Å². The van der Waals surface area contributed by atoms with E-state index in [4.69, 9.17) is 4.74 Å². The second-order valence-electron chi connectivity index (χ2n) is 6.16. The van der Waals surface area contributed by atoms with E-state index >= 15 is 0 Å². The number of fused-ring (bicyclic) bond motifs is 1. The quantitative estimate of drug-likeness (QED) is 0.885. The van der Waals surface area contributed by atoms with Gasteiger partial charge in [0.15, 0.2) is 0 Å². The van der Waals surface area contributed by atoms with Gasteiger partial charge in [-0.1, -0.05) is 43.3 Å². The largest absolute Gasteiger partial charge is 0.496 e. The minimum atomic E-state index is 0.858. The van der Waals surface area contributed by atoms with E-state index in [0.717, 1.165) is 44.9 Å². The minimum absolute atomic E-state index is 0.858. The van der Waals surface area contributed by atoms with Crippen LogP contribution in [0.25, 0.3) is 0 Å². The molecule has 0 unspecified atom stereocenters. The summed E-state index contributed by atoms with van der Waals surface area (Å²) >= 11 is 0. The first kappa shape index (κ1) is 16.0. The lowest BCUT2D eigenvalue weighted by Crippen LogP contribution is -2.30. The van der Waals surface area contributed by atoms with Crippen molar-refractivity contribution in [3.05, 3.63) is 64.7 Å². The Morgan fingerprint density at radius 1 is 1.13 bits per heavy atom. The maximum atomic E-state index is 5.57. The molecule has 0 bridgehead atoms. The molecule has 1 heterocycles. The van der Waals surface area contributed by atoms with Crippen molar-refractivity contribution in [1.82, 2.24) is 10.2 Å². The van der Waals surface area contributed by atoms with Gasteiger partial charge in [-0.2, -0.15) is 0 Å². The van der Waals surface area contributed by atoms with Crippen LogP contribution < -0.4 is 10.1 Å². The highest BCUT2D eigenvalue weighted by atomic mass is 16.5. The molecule has 1 aliphatic heterocycles. The van der Waals surface area contributed by atoms with Crippen molar-refractivity contribution >= 4 is 0 Å². The van der Waals surface area contributed by atoms with E-state index in [9.17, 15) is 0 Å². The molecular weight excluding hydrogens is 284 g/mol. The first-order valence-corrected chi connectivity index (χ1v) is 8.45. The number of hydrogen-bond acceptors (Lipinski definition) is 3. The molecule has 0 radical (unpaired) electrons. The summed E-state index contributed by atoms with van der Waals surface area (Å²) in [5.41, 5.74) is 5.51. The van der Waals surface area contributed by atoms with Gasteiger partial charge in [-0.25, -0.2) is 0 Å². The van der Waals surface area contributed by atoms with E-state index in [1.165, 1.54) is 22.3 Å². The molecule has 3 nitrogen and oxygen atoms in total. The van der Waals surface area contributed by atoms with Gasteiger partial charge < -0.3 is 10.1 Å². The summed E-state index contributed by atoms with van der Waals surface area (Å²) in [6, 6.07) is 15.4. The molecule has 2 aromatic carbocycles. The molecule has 1 N–H and O–H groups in total. The number of methoxy groups -OCH3 is 1. The summed E-state index contributed by atoms with van der Waals surface area (Å²) in [6.07, 6.45) is 1.14. The maximum absolute atomic E-state index is 5.57. The van der Waals surface area contributed by atoms with Crippen molar-refractivity contribution in [3.8, 4) is 5.75 Å². The molecular formula is C20H26N2O. The van der Waals surface area contributed by atoms with Gasteiger partial charge in [0, 0.05) is 31.7 Å². The van der Waals surface area contributed by atoms with Crippen LogP contribution in [0.5, 0.6) is 5.75 Å². The van der Waals surface area contributed by atoms with Crippen LogP contribution in [0.1, 0.15) is 29.2 Å². The Labute approximate surface area is 139 Å². The lowest BCUT2D eigenvalue weighted by atomic mass is 9.99. The number of hydrogen-bond donors (Lipinski definition) is 1. The summed E-state index contributed by atoms with van der Waals surface area (Å²) < 4.78 is 5.57. The fourth-order valence-electron chi connectivity index (χ4n) is 3.24. The zero-order chi connectivity index (χ0) is 16.1. The van der Waals surface area contributed by atoms with E-state index in [-0.39, 0.29) is 0 Å². The molecule has 2 aromatic rings. The van der Waals surface area contributed by atoms with Crippen LogP contribution in [0.15, 0.2) is 42.5 Å². The average molecular weight is 310 g/mol. The zero-order valence-electron chi connectivity index (χ0n) is 14.1. The van der Waals surface area contributed by atoms with Gasteiger partial charge in [-0.15, -0.1) is 0 Å². The summed E-state index contributed by atoms with van der Waals surface area (Å²) in [6.45, 7) is 7.09. The van der Waals surface area contributed by atoms with Crippen molar-refractivity contribution < 1.29 is 4.74 Å². The van der Waals surface area contributed by atoms with Crippen molar-refractivity contribution in [3.63, 3.8) is 0 Å². The molecule has 3 rings (SSSR count). The molecule has 0 saturated carbocycles. The second-order valence-corrected chi connectivity index (χ2v) is 6.16. The van der Waals surface area contributed by atoms with E-state index in [1.54, 1.807) is 7.11 Å². The number of nitrogens with one attached hydrogen (secondary N) is 1. The van der Waals surface area contributed by atoms with E-state index < -0.39 is 0 Å². The van der Waals surface area contributed by atoms with Gasteiger partial charge in [0.25, 0.3) is 0 Å². The smallest absolute Gasteiger partial charge is 0.123 e. The second kappa shape index (κ2) is 7.62. The first-order valence-electron chi connectivity index (χ1n) is 8.45. The van der Waals surface area contributed by atoms with Gasteiger partial charge in [-0.05, 0) is 35.7 Å². The molecule has 0 spiro atoms. The SMILES string of the molecule is CCNCc1ccc(CN2CCc3ccccc3C2)cc1OC. The molecule has 0 aromatic heterocycles. The zero-order valence-corrected chi connectivity index (χ0v) is 14.1. The van der Waals surface area contributed by atoms with Crippen LogP contribution in [0.4, 0.5) is 0 Å². The summed E-state index contributed by atoms with van der Waals surface area (Å²) in [4.78, 5) is 2.51. The highest BCUT2D eigenvalue weighted by molar-refractivity contribution is 5.38. The third kappa shape index (κ3) is 3.92. The van der Waals surface area contributed by atoms with Crippen molar-refractivity contribution in [2.45, 2.75) is 33.0 Å². The van der Waals surface area contributed by atoms with Crippen LogP contribution >= 0.6 is 0 Å². The van der Waals surface area contributed by atoms with Gasteiger partial charge in [0.1, 0.15) is 5.75 Å². The average Bonchev–Trinajstić information content (AvgIpc) is 2.60. The number of rotatable bonds is 6. The van der Waals surface area contributed by atoms with Gasteiger partial charge in [-0.3, -0.25) is 4.90 Å². The van der Waals surface area contributed by atoms with Gasteiger partial charge in [0.2, 0.25) is 0 Å². The van der Waals surface area contributed by atoms with Crippen LogP contribution in [-0.4, -0.2) is 25.1 Å². The Bertz CT molecular complexity index is 654. The Morgan fingerprint density at radius 2 is 1.96 bits per heavy atom. The predicted molar refractivity (Wildman–Crippen MR) is 94.6 cm³/mol. The summed E-state index contributed by atoms with van der Waals surface area (Å²) in [5.74, 6) is 0.987. The lowest BCUT2D eigenvalue weighted by Gasteiger charge is -2.29. The van der Waals surface area contributed by atoms with Crippen molar-refractivity contribution in [1.29, 1.82) is 0 Å². The van der Waals surface area contributed by atoms with Crippen LogP contribution in [0.3, 0.4) is 0 Å². The summed E-state index contributed by atoms with van der Waals surface area (Å²) in [5, 5.41) is 3.36. The van der Waals surface area contributed by atoms with Crippen molar-refractivity contribution in [2.75, 3.05) is 20.2 Å². The van der Waals surface area contributed by atoms with Crippen molar-refractivity contribution in [2.24, 2.45) is 0 Å². The Morgan fingerprint density at radius 3 is 2.74 bits per heavy atom. The minimum Gasteiger partial charge on any atom is -0.496 e. The maximum Gasteiger partial charge on any atom is 0.123 e. The fraction of sp³-hybridized carbons (Fsp3) is 0.400. The predicted octanol–water partition coefficient (Wildman–Crippen LogP) is 3.36. The lowest BCUT2D eigenvalue weighted by molar-refractivity contribution is 0.245. The molecule has 0 aliphatic carbocycles. The highest BCUT2D eigenvalue weighted by Gasteiger charge is 2.16. The van der Waals surface area contributed by atoms with Crippen LogP contribution in [-0.2, 0) is 26.1 Å². The molecule has 3 heteroatoms. The molecule has 0 atom stereocenters. The molecule has 0 fully saturated rings. The number of nitrogens with zero attached hydrogens (tertiary/aromatic N) is 1. The third-order valence-corrected chi connectivity index (χ3v) is 4.53. The van der Waals surface area contributed by atoms with Gasteiger partial charge >= 0.3 is 0 Å². The Kier molecular flexibility index (Phi) is 5.31. The number of ether oxygens (including phenoxy) is 1. The van der Waals surface area contributed by atoms with Crippen LogP contribution in [0, 0.1) is 0 Å². The monoisotopic (exact) mass is 310 g/mol. The third-order valence-electron chi connectivity index (χ3n) is 4.53. The number of benzene rings is 2.